The van der Waals surface area contributed by atoms with Gasteiger partial charge in [0, 0.05) is 43.7 Å². The Kier molecular flexibility index (Phi) is 5.26. The summed E-state index contributed by atoms with van der Waals surface area (Å²) in [6.45, 7) is 6.78. The second-order valence-electron chi connectivity index (χ2n) is 7.57. The normalized spacial score (nSPS) is 24.2. The van der Waals surface area contributed by atoms with Crippen LogP contribution >= 0.6 is 0 Å². The van der Waals surface area contributed by atoms with E-state index in [0.717, 1.165) is 29.6 Å². The second-order valence-corrected chi connectivity index (χ2v) is 9.51. The van der Waals surface area contributed by atoms with Crippen LogP contribution in [0.25, 0.3) is 0 Å². The Hall–Kier alpha value is -1.81. The van der Waals surface area contributed by atoms with E-state index >= 15 is 0 Å². The molecule has 2 atom stereocenters. The Bertz CT molecular complexity index is 942. The van der Waals surface area contributed by atoms with E-state index in [9.17, 15) is 12.8 Å². The van der Waals surface area contributed by atoms with Crippen molar-refractivity contribution in [1.29, 1.82) is 0 Å². The predicted molar refractivity (Wildman–Crippen MR) is 99.6 cm³/mol. The largest absolute Gasteiger partial charge is 0.379 e. The zero-order chi connectivity index (χ0) is 19.9. The molecule has 2 aliphatic heterocycles. The fraction of sp³-hybridized carbons (Fsp3) is 0.526. The van der Waals surface area contributed by atoms with Crippen LogP contribution in [0.15, 0.2) is 33.7 Å². The van der Waals surface area contributed by atoms with Crippen LogP contribution in [-0.2, 0) is 21.3 Å². The number of sulfonamides is 1. The van der Waals surface area contributed by atoms with Crippen LogP contribution in [0.4, 0.5) is 4.39 Å². The van der Waals surface area contributed by atoms with Crippen LogP contribution in [-0.4, -0.2) is 61.7 Å². The maximum Gasteiger partial charge on any atom is 0.243 e. The molecule has 28 heavy (non-hydrogen) atoms. The molecule has 1 aromatic carbocycles. The Morgan fingerprint density at radius 3 is 2.75 bits per heavy atom. The monoisotopic (exact) mass is 409 g/mol. The third kappa shape index (κ3) is 3.71. The fourth-order valence-corrected chi connectivity index (χ4v) is 5.57. The number of aryl methyl sites for hydroxylation is 2. The topological polar surface area (TPSA) is 75.9 Å². The lowest BCUT2D eigenvalue weighted by atomic mass is 10.1. The van der Waals surface area contributed by atoms with E-state index < -0.39 is 15.8 Å². The third-order valence-electron chi connectivity index (χ3n) is 5.53. The van der Waals surface area contributed by atoms with Crippen molar-refractivity contribution in [3.63, 3.8) is 0 Å². The van der Waals surface area contributed by atoms with E-state index in [1.165, 1.54) is 22.5 Å². The molecule has 0 amide bonds. The molecule has 0 unspecified atom stereocenters. The summed E-state index contributed by atoms with van der Waals surface area (Å²) in [4.78, 5) is 2.25. The lowest BCUT2D eigenvalue weighted by Crippen LogP contribution is -2.45. The SMILES string of the molecule is Cc1noc(C)c1CN1C[C@H]2COC[C@@H]1CN(S(=O)(=O)c1cccc(F)c1)C2. The summed E-state index contributed by atoms with van der Waals surface area (Å²) >= 11 is 0. The van der Waals surface area contributed by atoms with E-state index in [-0.39, 0.29) is 16.9 Å². The van der Waals surface area contributed by atoms with Crippen LogP contribution in [0.1, 0.15) is 17.0 Å². The molecular formula is C19H24FN3O4S. The van der Waals surface area contributed by atoms with Gasteiger partial charge >= 0.3 is 0 Å². The first-order chi connectivity index (χ1) is 13.3. The highest BCUT2D eigenvalue weighted by Gasteiger charge is 2.38. The van der Waals surface area contributed by atoms with Crippen LogP contribution < -0.4 is 0 Å². The summed E-state index contributed by atoms with van der Waals surface area (Å²) in [6.07, 6.45) is 0. The van der Waals surface area contributed by atoms with E-state index in [1.807, 2.05) is 13.8 Å². The van der Waals surface area contributed by atoms with Gasteiger partial charge in [0.2, 0.25) is 10.0 Å². The molecule has 2 saturated heterocycles. The summed E-state index contributed by atoms with van der Waals surface area (Å²) < 4.78 is 52.4. The van der Waals surface area contributed by atoms with Gasteiger partial charge in [0.1, 0.15) is 11.6 Å². The average Bonchev–Trinajstić information content (AvgIpc) is 2.81. The molecule has 9 heteroatoms. The van der Waals surface area contributed by atoms with Gasteiger partial charge < -0.3 is 9.26 Å². The highest BCUT2D eigenvalue weighted by molar-refractivity contribution is 7.89. The summed E-state index contributed by atoms with van der Waals surface area (Å²) in [7, 11) is -3.77. The second kappa shape index (κ2) is 7.55. The van der Waals surface area contributed by atoms with Crippen molar-refractivity contribution in [2.75, 3.05) is 32.8 Å². The molecule has 3 heterocycles. The minimum Gasteiger partial charge on any atom is -0.379 e. The van der Waals surface area contributed by atoms with Crippen molar-refractivity contribution in [2.24, 2.45) is 5.92 Å². The minimum atomic E-state index is -3.77. The number of ether oxygens (including phenoxy) is 1. The van der Waals surface area contributed by atoms with Gasteiger partial charge in [-0.3, -0.25) is 4.90 Å². The molecule has 0 spiro atoms. The van der Waals surface area contributed by atoms with Crippen molar-refractivity contribution >= 4 is 10.0 Å². The van der Waals surface area contributed by atoms with Crippen molar-refractivity contribution in [1.82, 2.24) is 14.4 Å². The Balaban J connectivity index is 1.61. The molecule has 4 rings (SSSR count). The van der Waals surface area contributed by atoms with E-state index in [4.69, 9.17) is 9.26 Å². The molecule has 2 aromatic rings. The number of halogens is 1. The van der Waals surface area contributed by atoms with Crippen LogP contribution in [0.2, 0.25) is 0 Å². The fourth-order valence-electron chi connectivity index (χ4n) is 3.98. The Morgan fingerprint density at radius 2 is 2.04 bits per heavy atom. The van der Waals surface area contributed by atoms with Gasteiger partial charge in [0.05, 0.1) is 23.8 Å². The molecule has 0 radical (unpaired) electrons. The maximum absolute atomic E-state index is 13.6. The third-order valence-corrected chi connectivity index (χ3v) is 7.35. The summed E-state index contributed by atoms with van der Waals surface area (Å²) in [5, 5.41) is 4.02. The number of fused-ring (bicyclic) bond motifs is 3. The molecule has 0 aliphatic carbocycles. The van der Waals surface area contributed by atoms with Crippen molar-refractivity contribution in [3.8, 4) is 0 Å². The van der Waals surface area contributed by atoms with Gasteiger partial charge in [0.15, 0.2) is 0 Å². The predicted octanol–water partition coefficient (Wildman–Crippen LogP) is 1.95. The first-order valence-electron chi connectivity index (χ1n) is 9.34. The molecule has 2 fully saturated rings. The van der Waals surface area contributed by atoms with Crippen molar-refractivity contribution in [3.05, 3.63) is 47.1 Å². The molecule has 7 nitrogen and oxygen atoms in total. The van der Waals surface area contributed by atoms with Crippen LogP contribution in [0, 0.1) is 25.6 Å². The van der Waals surface area contributed by atoms with Crippen molar-refractivity contribution in [2.45, 2.75) is 31.3 Å². The lowest BCUT2D eigenvalue weighted by molar-refractivity contribution is 0.0673. The molecule has 1 aromatic heterocycles. The molecular weight excluding hydrogens is 385 g/mol. The highest BCUT2D eigenvalue weighted by atomic mass is 32.2. The summed E-state index contributed by atoms with van der Waals surface area (Å²) in [5.41, 5.74) is 1.88. The summed E-state index contributed by atoms with van der Waals surface area (Å²) in [5.74, 6) is 0.261. The average molecular weight is 409 g/mol. The van der Waals surface area contributed by atoms with Crippen LogP contribution in [0.5, 0.6) is 0 Å². The van der Waals surface area contributed by atoms with Gasteiger partial charge in [-0.2, -0.15) is 4.31 Å². The smallest absolute Gasteiger partial charge is 0.243 e. The summed E-state index contributed by atoms with van der Waals surface area (Å²) in [6, 6.07) is 5.10. The Labute approximate surface area is 164 Å². The first kappa shape index (κ1) is 19.5. The van der Waals surface area contributed by atoms with Crippen LogP contribution in [0.3, 0.4) is 0 Å². The number of hydrogen-bond donors (Lipinski definition) is 0. The van der Waals surface area contributed by atoms with Gasteiger partial charge in [-0.05, 0) is 32.0 Å². The van der Waals surface area contributed by atoms with Gasteiger partial charge in [-0.1, -0.05) is 11.2 Å². The molecule has 2 aliphatic rings. The van der Waals surface area contributed by atoms with E-state index in [2.05, 4.69) is 10.1 Å². The minimum absolute atomic E-state index is 0.00864. The molecule has 2 bridgehead atoms. The highest BCUT2D eigenvalue weighted by Crippen LogP contribution is 2.27. The number of nitrogens with zero attached hydrogens (tertiary/aromatic N) is 3. The molecule has 0 N–H and O–H groups in total. The standard InChI is InChI=1S/C19H24FN3O4S/c1-13-19(14(2)27-21-13)10-22-7-15-8-23(9-17(22)12-26-11-15)28(24,25)18-5-3-4-16(20)6-18/h3-6,15,17H,7-12H2,1-2H3/t15-,17+/m1/s1. The number of aromatic nitrogens is 1. The maximum atomic E-state index is 13.6. The number of benzene rings is 1. The van der Waals surface area contributed by atoms with Crippen molar-refractivity contribution < 1.29 is 22.1 Å². The van der Waals surface area contributed by atoms with E-state index in [0.29, 0.717) is 32.8 Å². The Morgan fingerprint density at radius 1 is 1.21 bits per heavy atom. The molecule has 152 valence electrons. The van der Waals surface area contributed by atoms with Gasteiger partial charge in [-0.25, -0.2) is 12.8 Å². The lowest BCUT2D eigenvalue weighted by Gasteiger charge is -2.30. The number of hydrogen-bond acceptors (Lipinski definition) is 6. The first-order valence-corrected chi connectivity index (χ1v) is 10.8. The zero-order valence-electron chi connectivity index (χ0n) is 16.0. The quantitative estimate of drug-likeness (QED) is 0.768. The number of rotatable bonds is 4. The van der Waals surface area contributed by atoms with Gasteiger partial charge in [-0.15, -0.1) is 0 Å². The molecule has 0 saturated carbocycles. The van der Waals surface area contributed by atoms with E-state index in [1.54, 1.807) is 0 Å². The zero-order valence-corrected chi connectivity index (χ0v) is 16.8. The van der Waals surface area contributed by atoms with Gasteiger partial charge in [0.25, 0.3) is 0 Å².